The van der Waals surface area contributed by atoms with Crippen LogP contribution >= 0.6 is 23.2 Å². The minimum atomic E-state index is 0.204. The first-order valence-electron chi connectivity index (χ1n) is 6.60. The molecule has 2 saturated carbocycles. The van der Waals surface area contributed by atoms with E-state index < -0.39 is 0 Å². The Balaban J connectivity index is 1.85. The van der Waals surface area contributed by atoms with Gasteiger partial charge in [-0.05, 0) is 54.7 Å². The molecule has 98 valence electrons. The number of fused-ring (bicyclic) bond motifs is 2. The molecular formula is C14H18Cl2N2. The van der Waals surface area contributed by atoms with E-state index in [9.17, 15) is 0 Å². The molecule has 4 unspecified atom stereocenters. The molecule has 2 bridgehead atoms. The summed E-state index contributed by atoms with van der Waals surface area (Å²) in [6, 6.07) is 6.04. The Morgan fingerprint density at radius 2 is 2.00 bits per heavy atom. The van der Waals surface area contributed by atoms with Crippen molar-refractivity contribution in [2.45, 2.75) is 31.7 Å². The molecule has 3 rings (SSSR count). The highest BCUT2D eigenvalue weighted by Crippen LogP contribution is 2.52. The normalized spacial score (nSPS) is 31.8. The quantitative estimate of drug-likeness (QED) is 0.652. The molecule has 2 fully saturated rings. The van der Waals surface area contributed by atoms with Crippen LogP contribution in [0.25, 0.3) is 0 Å². The van der Waals surface area contributed by atoms with Crippen LogP contribution < -0.4 is 11.3 Å². The first-order chi connectivity index (χ1) is 8.69. The van der Waals surface area contributed by atoms with Gasteiger partial charge >= 0.3 is 0 Å². The van der Waals surface area contributed by atoms with Crippen molar-refractivity contribution in [2.75, 3.05) is 0 Å². The van der Waals surface area contributed by atoms with Crippen LogP contribution in [-0.2, 0) is 0 Å². The molecule has 4 atom stereocenters. The molecule has 0 amide bonds. The van der Waals surface area contributed by atoms with Crippen LogP contribution in [0.5, 0.6) is 0 Å². The van der Waals surface area contributed by atoms with Gasteiger partial charge in [-0.3, -0.25) is 11.3 Å². The number of hydrogen-bond donors (Lipinski definition) is 2. The Labute approximate surface area is 118 Å². The number of nitrogens with one attached hydrogen (secondary N) is 1. The summed E-state index contributed by atoms with van der Waals surface area (Å²) in [7, 11) is 0. The van der Waals surface area contributed by atoms with Crippen molar-refractivity contribution in [3.63, 3.8) is 0 Å². The van der Waals surface area contributed by atoms with Gasteiger partial charge in [0.1, 0.15) is 0 Å². The van der Waals surface area contributed by atoms with Gasteiger partial charge in [-0.15, -0.1) is 0 Å². The third-order valence-corrected chi connectivity index (χ3v) is 5.44. The van der Waals surface area contributed by atoms with E-state index in [0.29, 0.717) is 16.0 Å². The SMILES string of the molecule is NNC(c1ccc(Cl)c(Cl)c1)C1CC2CCC1C2. The summed E-state index contributed by atoms with van der Waals surface area (Å²) in [5.41, 5.74) is 4.15. The molecule has 0 radical (unpaired) electrons. The maximum Gasteiger partial charge on any atom is 0.0595 e. The standard InChI is InChI=1S/C14H18Cl2N2/c15-12-4-3-10(7-13(12)16)14(18-17)11-6-8-1-2-9(11)5-8/h3-4,7-9,11,14,18H,1-2,5-6,17H2. The minimum Gasteiger partial charge on any atom is -0.271 e. The third-order valence-electron chi connectivity index (χ3n) is 4.70. The molecule has 0 aromatic heterocycles. The van der Waals surface area contributed by atoms with Crippen molar-refractivity contribution >= 4 is 23.2 Å². The van der Waals surface area contributed by atoms with Crippen molar-refractivity contribution in [2.24, 2.45) is 23.6 Å². The summed E-state index contributed by atoms with van der Waals surface area (Å²) in [5, 5.41) is 1.21. The third kappa shape index (κ3) is 2.16. The Morgan fingerprint density at radius 1 is 1.17 bits per heavy atom. The van der Waals surface area contributed by atoms with Crippen LogP contribution in [-0.4, -0.2) is 0 Å². The molecular weight excluding hydrogens is 267 g/mol. The summed E-state index contributed by atoms with van der Waals surface area (Å²) in [5.74, 6) is 8.16. The van der Waals surface area contributed by atoms with Crippen LogP contribution in [0.4, 0.5) is 0 Å². The molecule has 0 heterocycles. The zero-order valence-electron chi connectivity index (χ0n) is 10.2. The molecule has 18 heavy (non-hydrogen) atoms. The maximum absolute atomic E-state index is 6.10. The predicted octanol–water partition coefficient (Wildman–Crippen LogP) is 3.93. The molecule has 0 aliphatic heterocycles. The predicted molar refractivity (Wildman–Crippen MR) is 75.5 cm³/mol. The van der Waals surface area contributed by atoms with Gasteiger partial charge in [-0.2, -0.15) is 0 Å². The van der Waals surface area contributed by atoms with Gasteiger partial charge in [0, 0.05) is 6.04 Å². The number of benzene rings is 1. The first-order valence-corrected chi connectivity index (χ1v) is 7.35. The van der Waals surface area contributed by atoms with Crippen LogP contribution in [0.15, 0.2) is 18.2 Å². The lowest BCUT2D eigenvalue weighted by molar-refractivity contribution is 0.252. The Morgan fingerprint density at radius 3 is 2.56 bits per heavy atom. The second kappa shape index (κ2) is 5.01. The fraction of sp³-hybridized carbons (Fsp3) is 0.571. The van der Waals surface area contributed by atoms with Crippen molar-refractivity contribution < 1.29 is 0 Å². The average molecular weight is 285 g/mol. The van der Waals surface area contributed by atoms with E-state index in [4.69, 9.17) is 29.0 Å². The summed E-state index contributed by atoms with van der Waals surface area (Å²) >= 11 is 12.1. The van der Waals surface area contributed by atoms with E-state index in [0.717, 1.165) is 17.4 Å². The molecule has 2 aliphatic rings. The molecule has 3 N–H and O–H groups in total. The highest BCUT2D eigenvalue weighted by Gasteiger charge is 2.43. The molecule has 1 aromatic rings. The van der Waals surface area contributed by atoms with Crippen LogP contribution in [0, 0.1) is 17.8 Å². The summed E-state index contributed by atoms with van der Waals surface area (Å²) < 4.78 is 0. The van der Waals surface area contributed by atoms with Crippen molar-refractivity contribution in [3.05, 3.63) is 33.8 Å². The summed E-state index contributed by atoms with van der Waals surface area (Å²) in [6.07, 6.45) is 5.43. The van der Waals surface area contributed by atoms with E-state index in [-0.39, 0.29) is 6.04 Å². The van der Waals surface area contributed by atoms with Crippen molar-refractivity contribution in [1.82, 2.24) is 5.43 Å². The zero-order valence-corrected chi connectivity index (χ0v) is 11.7. The highest BCUT2D eigenvalue weighted by molar-refractivity contribution is 6.42. The largest absolute Gasteiger partial charge is 0.271 e. The van der Waals surface area contributed by atoms with Crippen molar-refractivity contribution in [3.8, 4) is 0 Å². The summed E-state index contributed by atoms with van der Waals surface area (Å²) in [6.45, 7) is 0. The smallest absolute Gasteiger partial charge is 0.0595 e. The molecule has 1 aromatic carbocycles. The van der Waals surface area contributed by atoms with E-state index in [2.05, 4.69) is 5.43 Å². The second-order valence-corrected chi connectivity index (χ2v) is 6.47. The van der Waals surface area contributed by atoms with Gasteiger partial charge < -0.3 is 0 Å². The molecule has 2 aliphatic carbocycles. The lowest BCUT2D eigenvalue weighted by Crippen LogP contribution is -2.35. The summed E-state index contributed by atoms with van der Waals surface area (Å²) in [4.78, 5) is 0. The average Bonchev–Trinajstić information content (AvgIpc) is 2.97. The van der Waals surface area contributed by atoms with Gasteiger partial charge in [0.05, 0.1) is 10.0 Å². The Hall–Kier alpha value is -0.280. The molecule has 0 spiro atoms. The van der Waals surface area contributed by atoms with Gasteiger partial charge in [0.25, 0.3) is 0 Å². The lowest BCUT2D eigenvalue weighted by Gasteiger charge is -2.30. The number of hydrogen-bond acceptors (Lipinski definition) is 2. The Kier molecular flexibility index (Phi) is 3.55. The van der Waals surface area contributed by atoms with Crippen LogP contribution in [0.3, 0.4) is 0 Å². The van der Waals surface area contributed by atoms with E-state index in [1.165, 1.54) is 25.7 Å². The number of halogens is 2. The minimum absolute atomic E-state index is 0.204. The Bertz CT molecular complexity index is 449. The number of nitrogens with two attached hydrogens (primary N) is 1. The van der Waals surface area contributed by atoms with E-state index in [1.807, 2.05) is 18.2 Å². The molecule has 4 heteroatoms. The maximum atomic E-state index is 6.10. The van der Waals surface area contributed by atoms with Gasteiger partial charge in [0.15, 0.2) is 0 Å². The molecule has 2 nitrogen and oxygen atoms in total. The zero-order chi connectivity index (χ0) is 12.7. The topological polar surface area (TPSA) is 38.0 Å². The monoisotopic (exact) mass is 284 g/mol. The number of hydrazine groups is 1. The first kappa shape index (κ1) is 12.7. The molecule has 0 saturated heterocycles. The van der Waals surface area contributed by atoms with Gasteiger partial charge in [-0.25, -0.2) is 0 Å². The van der Waals surface area contributed by atoms with E-state index in [1.54, 1.807) is 0 Å². The van der Waals surface area contributed by atoms with Gasteiger partial charge in [0.2, 0.25) is 0 Å². The van der Waals surface area contributed by atoms with Crippen LogP contribution in [0.2, 0.25) is 10.0 Å². The fourth-order valence-electron chi connectivity index (χ4n) is 3.88. The second-order valence-electron chi connectivity index (χ2n) is 5.66. The fourth-order valence-corrected chi connectivity index (χ4v) is 4.18. The highest BCUT2D eigenvalue weighted by atomic mass is 35.5. The number of rotatable bonds is 3. The van der Waals surface area contributed by atoms with Crippen LogP contribution in [0.1, 0.15) is 37.3 Å². The van der Waals surface area contributed by atoms with Gasteiger partial charge in [-0.1, -0.05) is 35.7 Å². The lowest BCUT2D eigenvalue weighted by atomic mass is 9.81. The van der Waals surface area contributed by atoms with Crippen molar-refractivity contribution in [1.29, 1.82) is 0 Å². The van der Waals surface area contributed by atoms with E-state index >= 15 is 0 Å².